The van der Waals surface area contributed by atoms with Crippen molar-refractivity contribution in [2.75, 3.05) is 11.1 Å². The van der Waals surface area contributed by atoms with E-state index in [0.29, 0.717) is 5.69 Å². The van der Waals surface area contributed by atoms with E-state index in [9.17, 15) is 18.0 Å². The zero-order chi connectivity index (χ0) is 20.1. The van der Waals surface area contributed by atoms with E-state index in [-0.39, 0.29) is 16.8 Å². The Morgan fingerprint density at radius 3 is 2.43 bits per heavy atom. The highest BCUT2D eigenvalue weighted by molar-refractivity contribution is 8.00. The summed E-state index contributed by atoms with van der Waals surface area (Å²) in [6.07, 6.45) is -4.59. The van der Waals surface area contributed by atoms with E-state index < -0.39 is 12.0 Å². The van der Waals surface area contributed by atoms with Crippen LogP contribution in [0.4, 0.5) is 18.9 Å². The van der Waals surface area contributed by atoms with Crippen molar-refractivity contribution < 1.29 is 18.0 Å². The molecule has 0 saturated carbocycles. The van der Waals surface area contributed by atoms with Crippen molar-refractivity contribution in [2.45, 2.75) is 21.1 Å². The molecule has 146 valence electrons. The Bertz CT molecular complexity index is 961. The lowest BCUT2D eigenvalue weighted by Crippen LogP contribution is -2.16. The molecule has 1 N–H and O–H groups in total. The molecule has 0 aliphatic heterocycles. The first kappa shape index (κ1) is 20.3. The molecule has 0 spiro atoms. The highest BCUT2D eigenvalue weighted by atomic mass is 32.2. The van der Waals surface area contributed by atoms with Gasteiger partial charge in [-0.3, -0.25) is 4.79 Å². The number of carbonyl (C=O) groups excluding carboxylic acids is 1. The first-order valence-corrected chi connectivity index (χ1v) is 9.86. The summed E-state index contributed by atoms with van der Waals surface area (Å²) in [6, 6.07) is 17.0. The van der Waals surface area contributed by atoms with E-state index in [1.807, 2.05) is 42.5 Å². The largest absolute Gasteiger partial charge is 0.451 e. The summed E-state index contributed by atoms with van der Waals surface area (Å²) >= 11 is 2.40. The number of hydrogen-bond donors (Lipinski definition) is 1. The highest BCUT2D eigenvalue weighted by Crippen LogP contribution is 2.33. The summed E-state index contributed by atoms with van der Waals surface area (Å²) in [5, 5.41) is 9.47. The number of aromatic nitrogens is 3. The summed E-state index contributed by atoms with van der Waals surface area (Å²) in [5.74, 6) is -1.53. The molecule has 28 heavy (non-hydrogen) atoms. The maximum atomic E-state index is 12.8. The number of nitrogens with one attached hydrogen (secondary N) is 1. The van der Waals surface area contributed by atoms with Gasteiger partial charge in [0, 0.05) is 16.8 Å². The van der Waals surface area contributed by atoms with E-state index in [0.717, 1.165) is 26.1 Å². The molecule has 0 aliphatic carbocycles. The Morgan fingerprint density at radius 2 is 1.75 bits per heavy atom. The molecule has 10 heteroatoms. The number of alkyl halides is 3. The number of amides is 1. The minimum absolute atomic E-state index is 0.0226. The maximum Gasteiger partial charge on any atom is 0.451 e. The van der Waals surface area contributed by atoms with Crippen molar-refractivity contribution in [1.82, 2.24) is 14.8 Å². The van der Waals surface area contributed by atoms with Crippen LogP contribution in [0.15, 0.2) is 69.5 Å². The van der Waals surface area contributed by atoms with Crippen LogP contribution in [0.2, 0.25) is 0 Å². The zero-order valence-electron chi connectivity index (χ0n) is 14.6. The third-order valence-corrected chi connectivity index (χ3v) is 5.66. The first-order valence-electron chi connectivity index (χ1n) is 8.06. The zero-order valence-corrected chi connectivity index (χ0v) is 16.2. The number of carbonyl (C=O) groups is 1. The number of hydrogen-bond acceptors (Lipinski definition) is 5. The lowest BCUT2D eigenvalue weighted by Gasteiger charge is -2.11. The third-order valence-electron chi connectivity index (χ3n) is 3.55. The van der Waals surface area contributed by atoms with Gasteiger partial charge in [0.2, 0.25) is 11.7 Å². The van der Waals surface area contributed by atoms with Gasteiger partial charge in [-0.25, -0.2) is 0 Å². The average Bonchev–Trinajstić information content (AvgIpc) is 3.03. The second kappa shape index (κ2) is 8.70. The van der Waals surface area contributed by atoms with Gasteiger partial charge in [0.05, 0.1) is 11.4 Å². The molecule has 0 atom stereocenters. The monoisotopic (exact) mass is 424 g/mol. The van der Waals surface area contributed by atoms with Crippen molar-refractivity contribution >= 4 is 35.1 Å². The molecular formula is C18H15F3N4OS2. The second-order valence-corrected chi connectivity index (χ2v) is 7.67. The third kappa shape index (κ3) is 5.08. The Balaban J connectivity index is 1.64. The summed E-state index contributed by atoms with van der Waals surface area (Å²) < 4.78 is 39.1. The molecule has 0 radical (unpaired) electrons. The van der Waals surface area contributed by atoms with Crippen molar-refractivity contribution in [3.05, 3.63) is 60.4 Å². The number of rotatable bonds is 6. The van der Waals surface area contributed by atoms with Crippen molar-refractivity contribution in [1.29, 1.82) is 0 Å². The number of benzene rings is 2. The molecule has 0 saturated heterocycles. The highest BCUT2D eigenvalue weighted by Gasteiger charge is 2.37. The standard InChI is InChI=1S/C18H15F3N4OS2/c1-25-16(18(19,20)21)23-24-17(25)27-11-15(26)22-13-9-5-6-10-14(13)28-12-7-3-2-4-8-12/h2-10H,11H2,1H3,(H,22,26). The molecule has 0 fully saturated rings. The van der Waals surface area contributed by atoms with Crippen molar-refractivity contribution in [2.24, 2.45) is 7.05 Å². The van der Waals surface area contributed by atoms with Crippen LogP contribution in [-0.2, 0) is 18.0 Å². The lowest BCUT2D eigenvalue weighted by atomic mass is 10.3. The minimum Gasteiger partial charge on any atom is -0.324 e. The predicted octanol–water partition coefficient (Wildman–Crippen LogP) is 4.72. The quantitative estimate of drug-likeness (QED) is 0.581. The number of thioether (sulfide) groups is 1. The van der Waals surface area contributed by atoms with Crippen LogP contribution in [0.5, 0.6) is 0 Å². The van der Waals surface area contributed by atoms with Crippen LogP contribution in [0.1, 0.15) is 5.82 Å². The normalized spacial score (nSPS) is 11.4. The van der Waals surface area contributed by atoms with Gasteiger partial charge in [-0.15, -0.1) is 10.2 Å². The lowest BCUT2D eigenvalue weighted by molar-refractivity contribution is -0.147. The molecular weight excluding hydrogens is 409 g/mol. The van der Waals surface area contributed by atoms with Gasteiger partial charge in [0.15, 0.2) is 5.16 Å². The molecule has 1 aromatic heterocycles. The van der Waals surface area contributed by atoms with Gasteiger partial charge >= 0.3 is 6.18 Å². The Kier molecular flexibility index (Phi) is 6.30. The SMILES string of the molecule is Cn1c(SCC(=O)Nc2ccccc2Sc2ccccc2)nnc1C(F)(F)F. The topological polar surface area (TPSA) is 59.8 Å². The van der Waals surface area contributed by atoms with Crippen LogP contribution in [0, 0.1) is 0 Å². The van der Waals surface area contributed by atoms with Crippen molar-refractivity contribution in [3.8, 4) is 0 Å². The fourth-order valence-corrected chi connectivity index (χ4v) is 3.91. The van der Waals surface area contributed by atoms with Crippen LogP contribution >= 0.6 is 23.5 Å². The fourth-order valence-electron chi connectivity index (χ4n) is 2.28. The van der Waals surface area contributed by atoms with E-state index in [2.05, 4.69) is 15.5 Å². The summed E-state index contributed by atoms with van der Waals surface area (Å²) in [7, 11) is 1.22. The second-order valence-electron chi connectivity index (χ2n) is 5.61. The molecule has 1 amide bonds. The predicted molar refractivity (Wildman–Crippen MR) is 102 cm³/mol. The molecule has 0 aliphatic rings. The van der Waals surface area contributed by atoms with Gasteiger partial charge in [0.25, 0.3) is 0 Å². The van der Waals surface area contributed by atoms with Gasteiger partial charge in [-0.2, -0.15) is 13.2 Å². The maximum absolute atomic E-state index is 12.8. The number of para-hydroxylation sites is 1. The van der Waals surface area contributed by atoms with Gasteiger partial charge in [-0.05, 0) is 24.3 Å². The van der Waals surface area contributed by atoms with E-state index in [4.69, 9.17) is 0 Å². The molecule has 0 bridgehead atoms. The summed E-state index contributed by atoms with van der Waals surface area (Å²) in [4.78, 5) is 14.2. The molecule has 3 rings (SSSR count). The Morgan fingerprint density at radius 1 is 1.07 bits per heavy atom. The van der Waals surface area contributed by atoms with E-state index in [1.165, 1.54) is 18.8 Å². The molecule has 1 heterocycles. The smallest absolute Gasteiger partial charge is 0.324 e. The van der Waals surface area contributed by atoms with E-state index in [1.54, 1.807) is 12.1 Å². The van der Waals surface area contributed by atoms with Gasteiger partial charge < -0.3 is 9.88 Å². The summed E-state index contributed by atoms with van der Waals surface area (Å²) in [5.41, 5.74) is 0.635. The number of anilines is 1. The van der Waals surface area contributed by atoms with Gasteiger partial charge in [0.1, 0.15) is 0 Å². The van der Waals surface area contributed by atoms with Crippen LogP contribution in [-0.4, -0.2) is 26.4 Å². The molecule has 0 unspecified atom stereocenters. The molecule has 3 aromatic rings. The Labute approximate surface area is 167 Å². The average molecular weight is 424 g/mol. The number of nitrogens with zero attached hydrogens (tertiary/aromatic N) is 3. The molecule has 2 aromatic carbocycles. The van der Waals surface area contributed by atoms with Gasteiger partial charge in [-0.1, -0.05) is 53.9 Å². The summed E-state index contributed by atoms with van der Waals surface area (Å²) in [6.45, 7) is 0. The Hall–Kier alpha value is -2.46. The van der Waals surface area contributed by atoms with Crippen LogP contribution < -0.4 is 5.32 Å². The van der Waals surface area contributed by atoms with E-state index >= 15 is 0 Å². The molecule has 5 nitrogen and oxygen atoms in total. The number of halogens is 3. The minimum atomic E-state index is -4.59. The van der Waals surface area contributed by atoms with Crippen LogP contribution in [0.25, 0.3) is 0 Å². The fraction of sp³-hybridized carbons (Fsp3) is 0.167. The van der Waals surface area contributed by atoms with Crippen molar-refractivity contribution in [3.63, 3.8) is 0 Å². The first-order chi connectivity index (χ1) is 13.3. The van der Waals surface area contributed by atoms with Crippen LogP contribution in [0.3, 0.4) is 0 Å².